The lowest BCUT2D eigenvalue weighted by Crippen LogP contribution is -2.21. The van der Waals surface area contributed by atoms with Gasteiger partial charge in [0.25, 0.3) is 5.91 Å². The Morgan fingerprint density at radius 1 is 1.22 bits per heavy atom. The number of nitrogens with one attached hydrogen (secondary N) is 2. The molecule has 1 fully saturated rings. The molecule has 27 heavy (non-hydrogen) atoms. The molecular weight excluding hydrogens is 392 g/mol. The second-order valence-corrected chi connectivity index (χ2v) is 8.91. The van der Waals surface area contributed by atoms with E-state index in [2.05, 4.69) is 15.1 Å². The van der Waals surface area contributed by atoms with Crippen LogP contribution in [-0.2, 0) is 10.0 Å². The minimum atomic E-state index is -3.46. The Labute approximate surface area is 162 Å². The number of hydrogen-bond acceptors (Lipinski definition) is 5. The molecular formula is C17H21ClN4O4S. The first-order valence-electron chi connectivity index (χ1n) is 8.51. The third-order valence-corrected chi connectivity index (χ3v) is 5.19. The minimum absolute atomic E-state index is 0.173. The van der Waals surface area contributed by atoms with Gasteiger partial charge in [-0.1, -0.05) is 11.6 Å². The molecule has 0 saturated heterocycles. The maximum absolute atomic E-state index is 12.5. The smallest absolute Gasteiger partial charge is 0.258 e. The highest BCUT2D eigenvalue weighted by Crippen LogP contribution is 2.28. The van der Waals surface area contributed by atoms with Crippen LogP contribution in [0, 0.1) is 0 Å². The van der Waals surface area contributed by atoms with E-state index in [0.717, 1.165) is 31.9 Å². The lowest BCUT2D eigenvalue weighted by atomic mass is 9.93. The Bertz CT molecular complexity index is 936. The fourth-order valence-corrected chi connectivity index (χ4v) is 3.90. The van der Waals surface area contributed by atoms with Crippen LogP contribution in [-0.4, -0.2) is 41.6 Å². The zero-order valence-corrected chi connectivity index (χ0v) is 16.3. The number of aliphatic hydroxyl groups is 1. The van der Waals surface area contributed by atoms with Crippen molar-refractivity contribution < 1.29 is 18.3 Å². The maximum atomic E-state index is 12.5. The summed E-state index contributed by atoms with van der Waals surface area (Å²) in [6, 6.07) is 4.64. The summed E-state index contributed by atoms with van der Waals surface area (Å²) in [5, 5.41) is 16.9. The number of aromatic nitrogens is 2. The molecule has 0 unspecified atom stereocenters. The first kappa shape index (κ1) is 19.7. The number of rotatable bonds is 5. The third-order valence-electron chi connectivity index (χ3n) is 4.36. The van der Waals surface area contributed by atoms with Gasteiger partial charge in [-0.3, -0.25) is 14.2 Å². The quantitative estimate of drug-likeness (QED) is 0.698. The van der Waals surface area contributed by atoms with Crippen molar-refractivity contribution >= 4 is 38.9 Å². The summed E-state index contributed by atoms with van der Waals surface area (Å²) in [7, 11) is -3.46. The summed E-state index contributed by atoms with van der Waals surface area (Å²) in [6.07, 6.45) is 7.04. The Hall–Kier alpha value is -2.10. The minimum Gasteiger partial charge on any atom is -0.393 e. The van der Waals surface area contributed by atoms with Gasteiger partial charge in [-0.25, -0.2) is 8.42 Å². The van der Waals surface area contributed by atoms with Crippen LogP contribution in [0.25, 0.3) is 0 Å². The Morgan fingerprint density at radius 3 is 2.56 bits per heavy atom. The molecule has 3 rings (SSSR count). The average molecular weight is 413 g/mol. The monoisotopic (exact) mass is 412 g/mol. The van der Waals surface area contributed by atoms with Crippen LogP contribution >= 0.6 is 11.6 Å². The lowest BCUT2D eigenvalue weighted by Gasteiger charge is -2.25. The van der Waals surface area contributed by atoms with Gasteiger partial charge < -0.3 is 10.4 Å². The van der Waals surface area contributed by atoms with E-state index in [-0.39, 0.29) is 28.8 Å². The average Bonchev–Trinajstić information content (AvgIpc) is 3.03. The van der Waals surface area contributed by atoms with Gasteiger partial charge in [0.05, 0.1) is 35.8 Å². The third kappa shape index (κ3) is 5.44. The highest BCUT2D eigenvalue weighted by atomic mass is 35.5. The van der Waals surface area contributed by atoms with Gasteiger partial charge in [0.15, 0.2) is 0 Å². The first-order chi connectivity index (χ1) is 12.7. The largest absolute Gasteiger partial charge is 0.393 e. The molecule has 1 saturated carbocycles. The number of anilines is 2. The van der Waals surface area contributed by atoms with E-state index in [1.165, 1.54) is 24.4 Å². The molecule has 1 heterocycles. The number of carbonyl (C=O) groups is 1. The van der Waals surface area contributed by atoms with E-state index in [0.29, 0.717) is 11.3 Å². The molecule has 8 nitrogen and oxygen atoms in total. The molecule has 0 aliphatic heterocycles. The second-order valence-electron chi connectivity index (χ2n) is 6.73. The van der Waals surface area contributed by atoms with E-state index in [1.807, 2.05) is 0 Å². The van der Waals surface area contributed by atoms with Crippen molar-refractivity contribution in [2.75, 3.05) is 16.3 Å². The van der Waals surface area contributed by atoms with Gasteiger partial charge >= 0.3 is 0 Å². The standard InChI is InChI=1S/C17H21ClN4O4S/c1-27(25,26)21-14-7-12(18)6-13(8-14)20-17(24)11-9-19-22(10-11)15-2-4-16(23)5-3-15/h6-10,15-16,21,23H,2-5H2,1H3,(H,20,24). The number of amides is 1. The fraction of sp³-hybridized carbons (Fsp3) is 0.412. The van der Waals surface area contributed by atoms with E-state index in [1.54, 1.807) is 10.9 Å². The van der Waals surface area contributed by atoms with Gasteiger partial charge in [-0.15, -0.1) is 0 Å². The normalized spacial score (nSPS) is 20.3. The molecule has 0 atom stereocenters. The van der Waals surface area contributed by atoms with Crippen LogP contribution in [0.1, 0.15) is 42.1 Å². The number of carbonyl (C=O) groups excluding carboxylic acids is 1. The Morgan fingerprint density at radius 2 is 1.89 bits per heavy atom. The van der Waals surface area contributed by atoms with Gasteiger partial charge in [0, 0.05) is 16.9 Å². The number of sulfonamides is 1. The fourth-order valence-electron chi connectivity index (χ4n) is 3.12. The summed E-state index contributed by atoms with van der Waals surface area (Å²) in [5.74, 6) is -0.371. The topological polar surface area (TPSA) is 113 Å². The summed E-state index contributed by atoms with van der Waals surface area (Å²) >= 11 is 6.00. The predicted octanol–water partition coefficient (Wildman–Crippen LogP) is 2.64. The van der Waals surface area contributed by atoms with Crippen molar-refractivity contribution in [2.24, 2.45) is 0 Å². The molecule has 10 heteroatoms. The number of aliphatic hydroxyl groups excluding tert-OH is 1. The number of nitrogens with zero attached hydrogens (tertiary/aromatic N) is 2. The van der Waals surface area contributed by atoms with E-state index < -0.39 is 10.0 Å². The number of halogens is 1. The number of benzene rings is 1. The molecule has 146 valence electrons. The van der Waals surface area contributed by atoms with Crippen LogP contribution in [0.2, 0.25) is 5.02 Å². The van der Waals surface area contributed by atoms with E-state index in [9.17, 15) is 18.3 Å². The first-order valence-corrected chi connectivity index (χ1v) is 10.8. The number of hydrogen-bond donors (Lipinski definition) is 3. The van der Waals surface area contributed by atoms with Gasteiger partial charge in [-0.05, 0) is 43.9 Å². The molecule has 1 amide bonds. The van der Waals surface area contributed by atoms with Crippen LogP contribution in [0.15, 0.2) is 30.6 Å². The van der Waals surface area contributed by atoms with Gasteiger partial charge in [0.1, 0.15) is 0 Å². The van der Waals surface area contributed by atoms with Crippen molar-refractivity contribution in [1.29, 1.82) is 0 Å². The summed E-state index contributed by atoms with van der Waals surface area (Å²) in [5.41, 5.74) is 1.02. The second kappa shape index (κ2) is 7.87. The van der Waals surface area contributed by atoms with Crippen molar-refractivity contribution in [1.82, 2.24) is 9.78 Å². The molecule has 1 aromatic heterocycles. The van der Waals surface area contributed by atoms with Crippen LogP contribution in [0.4, 0.5) is 11.4 Å². The van der Waals surface area contributed by atoms with Crippen LogP contribution < -0.4 is 10.0 Å². The van der Waals surface area contributed by atoms with Crippen molar-refractivity contribution in [2.45, 2.75) is 37.8 Å². The predicted molar refractivity (Wildman–Crippen MR) is 104 cm³/mol. The molecule has 0 bridgehead atoms. The van der Waals surface area contributed by atoms with Crippen LogP contribution in [0.3, 0.4) is 0 Å². The molecule has 0 radical (unpaired) electrons. The van der Waals surface area contributed by atoms with Gasteiger partial charge in [-0.2, -0.15) is 5.10 Å². The Balaban J connectivity index is 1.70. The summed E-state index contributed by atoms with van der Waals surface area (Å²) < 4.78 is 26.8. The molecule has 1 aliphatic rings. The summed E-state index contributed by atoms with van der Waals surface area (Å²) in [4.78, 5) is 12.5. The van der Waals surface area contributed by atoms with Crippen molar-refractivity contribution in [3.8, 4) is 0 Å². The van der Waals surface area contributed by atoms with Crippen molar-refractivity contribution in [3.63, 3.8) is 0 Å². The Kier molecular flexibility index (Phi) is 5.73. The molecule has 2 aromatic rings. The molecule has 1 aromatic carbocycles. The molecule has 1 aliphatic carbocycles. The molecule has 0 spiro atoms. The zero-order chi connectivity index (χ0) is 19.6. The lowest BCUT2D eigenvalue weighted by molar-refractivity contribution is 0.102. The summed E-state index contributed by atoms with van der Waals surface area (Å²) in [6.45, 7) is 0. The van der Waals surface area contributed by atoms with Crippen molar-refractivity contribution in [3.05, 3.63) is 41.2 Å². The molecule has 3 N–H and O–H groups in total. The highest BCUT2D eigenvalue weighted by Gasteiger charge is 2.22. The maximum Gasteiger partial charge on any atom is 0.258 e. The van der Waals surface area contributed by atoms with Gasteiger partial charge in [0.2, 0.25) is 10.0 Å². The zero-order valence-electron chi connectivity index (χ0n) is 14.7. The SMILES string of the molecule is CS(=O)(=O)Nc1cc(Cl)cc(NC(=O)c2cnn(C3CCC(O)CC3)c2)c1. The van der Waals surface area contributed by atoms with Crippen LogP contribution in [0.5, 0.6) is 0 Å². The van der Waals surface area contributed by atoms with E-state index in [4.69, 9.17) is 11.6 Å². The highest BCUT2D eigenvalue weighted by molar-refractivity contribution is 7.92. The van der Waals surface area contributed by atoms with E-state index >= 15 is 0 Å².